The van der Waals surface area contributed by atoms with Crippen molar-refractivity contribution in [2.75, 3.05) is 31.1 Å². The fourth-order valence-corrected chi connectivity index (χ4v) is 4.71. The van der Waals surface area contributed by atoms with Crippen LogP contribution in [0.3, 0.4) is 0 Å². The minimum atomic E-state index is -4.72. The second-order valence-corrected chi connectivity index (χ2v) is 8.13. The molecular weight excluding hydrogens is 365 g/mol. The van der Waals surface area contributed by atoms with Crippen LogP contribution in [0, 0.1) is 6.92 Å². The van der Waals surface area contributed by atoms with E-state index in [1.54, 1.807) is 0 Å². The minimum Gasteiger partial charge on any atom is -0.369 e. The van der Waals surface area contributed by atoms with Crippen LogP contribution < -0.4 is 4.90 Å². The Labute approximate surface area is 150 Å². The largest absolute Gasteiger partial charge is 0.417 e. The summed E-state index contributed by atoms with van der Waals surface area (Å²) in [5.41, 5.74) is 0.954. The standard InChI is InChI=1S/C18H19F3N2O2S/c1-14-5-4-6-15(13-14)22-9-11-23(12-10-22)26(24,25)17-8-3-2-7-16(17)18(19,20)21/h2-8,13H,9-12H2,1H3. The first-order valence-corrected chi connectivity index (χ1v) is 9.61. The molecular formula is C18H19F3N2O2S. The average molecular weight is 384 g/mol. The number of hydrogen-bond acceptors (Lipinski definition) is 3. The highest BCUT2D eigenvalue weighted by molar-refractivity contribution is 7.89. The van der Waals surface area contributed by atoms with Crippen LogP contribution in [0.4, 0.5) is 18.9 Å². The Kier molecular flexibility index (Phi) is 4.98. The summed E-state index contributed by atoms with van der Waals surface area (Å²) in [4.78, 5) is 1.35. The maximum absolute atomic E-state index is 13.2. The quantitative estimate of drug-likeness (QED) is 0.813. The Morgan fingerprint density at radius 3 is 2.19 bits per heavy atom. The number of benzene rings is 2. The molecule has 0 atom stereocenters. The van der Waals surface area contributed by atoms with Crippen LogP contribution in [0.25, 0.3) is 0 Å². The average Bonchev–Trinajstić information content (AvgIpc) is 2.61. The maximum atomic E-state index is 13.2. The van der Waals surface area contributed by atoms with Crippen molar-refractivity contribution in [2.45, 2.75) is 18.0 Å². The van der Waals surface area contributed by atoms with Gasteiger partial charge in [0.1, 0.15) is 0 Å². The predicted molar refractivity (Wildman–Crippen MR) is 93.6 cm³/mol. The smallest absolute Gasteiger partial charge is 0.369 e. The van der Waals surface area contributed by atoms with Gasteiger partial charge in [-0.2, -0.15) is 17.5 Å². The zero-order valence-electron chi connectivity index (χ0n) is 14.2. The summed E-state index contributed by atoms with van der Waals surface area (Å²) in [6.07, 6.45) is -4.72. The van der Waals surface area contributed by atoms with E-state index in [1.165, 1.54) is 12.1 Å². The monoisotopic (exact) mass is 384 g/mol. The summed E-state index contributed by atoms with van der Waals surface area (Å²) in [5.74, 6) is 0. The number of aryl methyl sites for hydroxylation is 1. The molecule has 0 unspecified atom stereocenters. The van der Waals surface area contributed by atoms with E-state index in [-0.39, 0.29) is 13.1 Å². The third-order valence-corrected chi connectivity index (χ3v) is 6.37. The third-order valence-electron chi connectivity index (χ3n) is 4.42. The van der Waals surface area contributed by atoms with Crippen molar-refractivity contribution in [1.82, 2.24) is 4.31 Å². The first-order chi connectivity index (χ1) is 12.2. The van der Waals surface area contributed by atoms with Crippen LogP contribution in [0.5, 0.6) is 0 Å². The molecule has 26 heavy (non-hydrogen) atoms. The molecule has 0 spiro atoms. The third kappa shape index (κ3) is 3.71. The summed E-state index contributed by atoms with van der Waals surface area (Å²) in [7, 11) is -4.20. The van der Waals surface area contributed by atoms with Crippen LogP contribution in [0.15, 0.2) is 53.4 Å². The second kappa shape index (κ2) is 6.92. The molecule has 8 heteroatoms. The molecule has 0 saturated carbocycles. The molecule has 0 aromatic heterocycles. The van der Waals surface area contributed by atoms with Crippen molar-refractivity contribution in [1.29, 1.82) is 0 Å². The number of sulfonamides is 1. The van der Waals surface area contributed by atoms with E-state index in [0.717, 1.165) is 27.7 Å². The lowest BCUT2D eigenvalue weighted by atomic mass is 10.2. The van der Waals surface area contributed by atoms with Crippen molar-refractivity contribution in [3.63, 3.8) is 0 Å². The molecule has 4 nitrogen and oxygen atoms in total. The van der Waals surface area contributed by atoms with Crippen molar-refractivity contribution >= 4 is 15.7 Å². The molecule has 0 radical (unpaired) electrons. The zero-order chi connectivity index (χ0) is 18.9. The number of rotatable bonds is 3. The number of hydrogen-bond donors (Lipinski definition) is 0. The number of piperazine rings is 1. The molecule has 0 amide bonds. The predicted octanol–water partition coefficient (Wildman–Crippen LogP) is 3.52. The molecule has 140 valence electrons. The molecule has 1 heterocycles. The van der Waals surface area contributed by atoms with Gasteiger partial charge in [0, 0.05) is 31.9 Å². The van der Waals surface area contributed by atoms with Crippen LogP contribution in [-0.2, 0) is 16.2 Å². The van der Waals surface area contributed by atoms with Gasteiger partial charge >= 0.3 is 6.18 Å². The van der Waals surface area contributed by atoms with E-state index in [1.807, 2.05) is 36.1 Å². The highest BCUT2D eigenvalue weighted by Crippen LogP contribution is 2.35. The number of halogens is 3. The Morgan fingerprint density at radius 1 is 0.923 bits per heavy atom. The van der Waals surface area contributed by atoms with Crippen molar-refractivity contribution < 1.29 is 21.6 Å². The topological polar surface area (TPSA) is 40.6 Å². The molecule has 1 fully saturated rings. The number of nitrogens with zero attached hydrogens (tertiary/aromatic N) is 2. The van der Waals surface area contributed by atoms with E-state index >= 15 is 0 Å². The molecule has 0 aliphatic carbocycles. The van der Waals surface area contributed by atoms with Gasteiger partial charge in [0.2, 0.25) is 10.0 Å². The van der Waals surface area contributed by atoms with Crippen LogP contribution >= 0.6 is 0 Å². The van der Waals surface area contributed by atoms with Crippen LogP contribution in [0.2, 0.25) is 0 Å². The minimum absolute atomic E-state index is 0.141. The first-order valence-electron chi connectivity index (χ1n) is 8.17. The van der Waals surface area contributed by atoms with Crippen molar-refractivity contribution in [3.8, 4) is 0 Å². The van der Waals surface area contributed by atoms with E-state index < -0.39 is 26.7 Å². The zero-order valence-corrected chi connectivity index (χ0v) is 15.0. The second-order valence-electron chi connectivity index (χ2n) is 6.22. The van der Waals surface area contributed by atoms with Gasteiger partial charge in [-0.05, 0) is 36.8 Å². The maximum Gasteiger partial charge on any atom is 0.417 e. The normalized spacial score (nSPS) is 16.7. The van der Waals surface area contributed by atoms with Crippen molar-refractivity contribution in [3.05, 3.63) is 59.7 Å². The Hall–Kier alpha value is -2.06. The Bertz CT molecular complexity index is 889. The van der Waals surface area contributed by atoms with Gasteiger partial charge in [0.25, 0.3) is 0 Å². The Balaban J connectivity index is 1.81. The van der Waals surface area contributed by atoms with Gasteiger partial charge < -0.3 is 4.90 Å². The lowest BCUT2D eigenvalue weighted by molar-refractivity contribution is -0.139. The van der Waals surface area contributed by atoms with Gasteiger partial charge in [-0.15, -0.1) is 0 Å². The highest BCUT2D eigenvalue weighted by atomic mass is 32.2. The lowest BCUT2D eigenvalue weighted by Crippen LogP contribution is -2.49. The summed E-state index contributed by atoms with van der Waals surface area (Å²) in [6.45, 7) is 3.11. The Morgan fingerprint density at radius 2 is 1.58 bits per heavy atom. The van der Waals surface area contributed by atoms with E-state index in [2.05, 4.69) is 0 Å². The number of anilines is 1. The van der Waals surface area contributed by atoms with Gasteiger partial charge in [-0.25, -0.2) is 8.42 Å². The first kappa shape index (κ1) is 18.7. The summed E-state index contributed by atoms with van der Waals surface area (Å²) < 4.78 is 66.2. The molecule has 3 rings (SSSR count). The van der Waals surface area contributed by atoms with E-state index in [4.69, 9.17) is 0 Å². The fraction of sp³-hybridized carbons (Fsp3) is 0.333. The van der Waals surface area contributed by atoms with Crippen LogP contribution in [-0.4, -0.2) is 38.9 Å². The molecule has 2 aromatic carbocycles. The molecule has 1 aliphatic heterocycles. The van der Waals surface area contributed by atoms with E-state index in [0.29, 0.717) is 13.1 Å². The fourth-order valence-electron chi connectivity index (χ4n) is 3.08. The SMILES string of the molecule is Cc1cccc(N2CCN(S(=O)(=O)c3ccccc3C(F)(F)F)CC2)c1. The van der Waals surface area contributed by atoms with E-state index in [9.17, 15) is 21.6 Å². The lowest BCUT2D eigenvalue weighted by Gasteiger charge is -2.35. The molecule has 1 saturated heterocycles. The highest BCUT2D eigenvalue weighted by Gasteiger charge is 2.39. The summed E-state index contributed by atoms with van der Waals surface area (Å²) >= 11 is 0. The molecule has 0 bridgehead atoms. The van der Waals surface area contributed by atoms with Gasteiger partial charge in [-0.1, -0.05) is 24.3 Å². The van der Waals surface area contributed by atoms with Gasteiger partial charge in [0.05, 0.1) is 10.5 Å². The van der Waals surface area contributed by atoms with Crippen molar-refractivity contribution in [2.24, 2.45) is 0 Å². The summed E-state index contributed by atoms with van der Waals surface area (Å²) in [6, 6.07) is 12.2. The van der Waals surface area contributed by atoms with Crippen LogP contribution in [0.1, 0.15) is 11.1 Å². The molecule has 0 N–H and O–H groups in total. The number of alkyl halides is 3. The van der Waals surface area contributed by atoms with Gasteiger partial charge in [0.15, 0.2) is 0 Å². The summed E-state index contributed by atoms with van der Waals surface area (Å²) in [5, 5.41) is 0. The van der Waals surface area contributed by atoms with Gasteiger partial charge in [-0.3, -0.25) is 0 Å². The molecule has 2 aromatic rings. The molecule has 1 aliphatic rings.